The third kappa shape index (κ3) is 2.11. The average molecular weight is 158 g/mol. The van der Waals surface area contributed by atoms with Gasteiger partial charge in [-0.05, 0) is 16.2 Å². The predicted octanol–water partition coefficient (Wildman–Crippen LogP) is 3.44. The summed E-state index contributed by atoms with van der Waals surface area (Å²) in [6, 6.07) is 0. The highest BCUT2D eigenvalue weighted by molar-refractivity contribution is 8.79. The van der Waals surface area contributed by atoms with Crippen molar-refractivity contribution in [2.24, 2.45) is 5.92 Å². The Morgan fingerprint density at radius 3 is 2.56 bits per heavy atom. The highest BCUT2D eigenvalue weighted by Gasteiger charge is 2.04. The molecule has 0 nitrogen and oxygen atoms in total. The molecule has 2 heteroatoms. The Morgan fingerprint density at radius 2 is 2.22 bits per heavy atom. The van der Waals surface area contributed by atoms with E-state index in [0.717, 1.165) is 0 Å². The number of hydrogen-bond donors (Lipinski definition) is 0. The Bertz CT molecular complexity index is 145. The van der Waals surface area contributed by atoms with Crippen molar-refractivity contribution in [2.45, 2.75) is 13.8 Å². The van der Waals surface area contributed by atoms with Crippen LogP contribution in [0.4, 0.5) is 0 Å². The van der Waals surface area contributed by atoms with Gasteiger partial charge in [-0.15, -0.1) is 0 Å². The predicted molar refractivity (Wildman–Crippen MR) is 47.2 cm³/mol. The lowest BCUT2D eigenvalue weighted by atomic mass is 10.2. The quantitative estimate of drug-likeness (QED) is 0.536. The molecule has 50 valence electrons. The van der Waals surface area contributed by atoms with Crippen LogP contribution in [0.2, 0.25) is 0 Å². The van der Waals surface area contributed by atoms with Crippen LogP contribution in [0.1, 0.15) is 13.8 Å². The van der Waals surface area contributed by atoms with Crippen LogP contribution in [0, 0.1) is 5.92 Å². The van der Waals surface area contributed by atoms with E-state index in [0.29, 0.717) is 5.92 Å². The highest BCUT2D eigenvalue weighted by Crippen LogP contribution is 2.38. The Kier molecular flexibility index (Phi) is 2.73. The van der Waals surface area contributed by atoms with Gasteiger partial charge in [-0.1, -0.05) is 47.6 Å². The van der Waals surface area contributed by atoms with Gasteiger partial charge >= 0.3 is 0 Å². The molecule has 0 saturated carbocycles. The van der Waals surface area contributed by atoms with Gasteiger partial charge in [-0.25, -0.2) is 0 Å². The average Bonchev–Trinajstić information content (AvgIpc) is 1.90. The standard InChI is InChI=1S/C7H10S2/c1-6(2)7-4-3-5-8-9-7/h3-6H,1-2H3. The maximum atomic E-state index is 2.22. The van der Waals surface area contributed by atoms with E-state index >= 15 is 0 Å². The molecule has 0 aromatic carbocycles. The van der Waals surface area contributed by atoms with Crippen molar-refractivity contribution in [1.29, 1.82) is 0 Å². The lowest BCUT2D eigenvalue weighted by Gasteiger charge is -2.09. The van der Waals surface area contributed by atoms with E-state index in [4.69, 9.17) is 0 Å². The molecule has 1 rings (SSSR count). The molecule has 0 aromatic rings. The summed E-state index contributed by atoms with van der Waals surface area (Å²) in [5.41, 5.74) is 0. The Balaban J connectivity index is 2.57. The second-order valence-electron chi connectivity index (χ2n) is 2.23. The Labute approximate surface area is 64.2 Å². The molecular weight excluding hydrogens is 148 g/mol. The first-order chi connectivity index (χ1) is 4.30. The summed E-state index contributed by atoms with van der Waals surface area (Å²) in [6.07, 6.45) is 4.29. The molecule has 0 saturated heterocycles. The van der Waals surface area contributed by atoms with E-state index in [1.54, 1.807) is 10.8 Å². The second-order valence-corrected chi connectivity index (χ2v) is 4.41. The molecule has 1 heterocycles. The normalized spacial score (nSPS) is 18.3. The molecular formula is C7H10S2. The van der Waals surface area contributed by atoms with Gasteiger partial charge in [0, 0.05) is 0 Å². The fraction of sp³-hybridized carbons (Fsp3) is 0.429. The maximum absolute atomic E-state index is 2.22. The first kappa shape index (κ1) is 7.29. The van der Waals surface area contributed by atoms with Crippen molar-refractivity contribution in [3.8, 4) is 0 Å². The minimum atomic E-state index is 0.687. The van der Waals surface area contributed by atoms with Gasteiger partial charge in [0.1, 0.15) is 0 Å². The van der Waals surface area contributed by atoms with Crippen LogP contribution >= 0.6 is 21.6 Å². The lowest BCUT2D eigenvalue weighted by Crippen LogP contribution is -1.87. The molecule has 1 aliphatic rings. The molecule has 0 aromatic heterocycles. The molecule has 0 radical (unpaired) electrons. The fourth-order valence-corrected chi connectivity index (χ4v) is 2.64. The molecule has 0 bridgehead atoms. The third-order valence-corrected chi connectivity index (χ3v) is 3.47. The van der Waals surface area contributed by atoms with E-state index in [2.05, 4.69) is 31.4 Å². The molecule has 0 amide bonds. The zero-order chi connectivity index (χ0) is 6.69. The third-order valence-electron chi connectivity index (χ3n) is 1.11. The smallest absolute Gasteiger partial charge is 0.00130 e. The summed E-state index contributed by atoms with van der Waals surface area (Å²) in [6.45, 7) is 4.44. The minimum Gasteiger partial charge on any atom is -0.0609 e. The fourth-order valence-electron chi connectivity index (χ4n) is 0.566. The van der Waals surface area contributed by atoms with E-state index in [-0.39, 0.29) is 0 Å². The topological polar surface area (TPSA) is 0 Å². The van der Waals surface area contributed by atoms with Gasteiger partial charge in [-0.2, -0.15) is 0 Å². The molecule has 0 aliphatic carbocycles. The molecule has 0 spiro atoms. The summed E-state index contributed by atoms with van der Waals surface area (Å²) in [7, 11) is 3.66. The van der Waals surface area contributed by atoms with Gasteiger partial charge in [0.25, 0.3) is 0 Å². The summed E-state index contributed by atoms with van der Waals surface area (Å²) in [5.74, 6) is 0.687. The van der Waals surface area contributed by atoms with Gasteiger partial charge in [0.15, 0.2) is 0 Å². The van der Waals surface area contributed by atoms with Crippen molar-refractivity contribution < 1.29 is 0 Å². The molecule has 1 aliphatic heterocycles. The SMILES string of the molecule is CC(C)C1=CC=CSS1. The number of hydrogen-bond acceptors (Lipinski definition) is 2. The number of allylic oxidation sites excluding steroid dienone is 3. The largest absolute Gasteiger partial charge is 0.0609 e. The minimum absolute atomic E-state index is 0.687. The molecule has 0 N–H and O–H groups in total. The van der Waals surface area contributed by atoms with Gasteiger partial charge in [-0.3, -0.25) is 0 Å². The van der Waals surface area contributed by atoms with Crippen molar-refractivity contribution in [3.63, 3.8) is 0 Å². The Hall–Kier alpha value is 0.180. The summed E-state index contributed by atoms with van der Waals surface area (Å²) < 4.78 is 0. The van der Waals surface area contributed by atoms with Gasteiger partial charge in [0.05, 0.1) is 0 Å². The van der Waals surface area contributed by atoms with E-state index in [1.165, 1.54) is 4.91 Å². The number of rotatable bonds is 1. The van der Waals surface area contributed by atoms with Crippen molar-refractivity contribution in [1.82, 2.24) is 0 Å². The van der Waals surface area contributed by atoms with E-state index < -0.39 is 0 Å². The van der Waals surface area contributed by atoms with Gasteiger partial charge < -0.3 is 0 Å². The zero-order valence-corrected chi connectivity index (χ0v) is 7.26. The van der Waals surface area contributed by atoms with E-state index in [9.17, 15) is 0 Å². The van der Waals surface area contributed by atoms with Crippen LogP contribution < -0.4 is 0 Å². The Morgan fingerprint density at radius 1 is 1.44 bits per heavy atom. The molecule has 0 atom stereocenters. The van der Waals surface area contributed by atoms with E-state index in [1.807, 2.05) is 10.8 Å². The summed E-state index contributed by atoms with van der Waals surface area (Å²) in [5, 5.41) is 2.11. The lowest BCUT2D eigenvalue weighted by molar-refractivity contribution is 0.818. The summed E-state index contributed by atoms with van der Waals surface area (Å²) >= 11 is 0. The molecule has 9 heavy (non-hydrogen) atoms. The van der Waals surface area contributed by atoms with Crippen LogP contribution in [0.25, 0.3) is 0 Å². The highest BCUT2D eigenvalue weighted by atomic mass is 33.1. The molecule has 0 fully saturated rings. The van der Waals surface area contributed by atoms with Crippen molar-refractivity contribution in [2.75, 3.05) is 0 Å². The van der Waals surface area contributed by atoms with Crippen LogP contribution in [0.3, 0.4) is 0 Å². The first-order valence-electron chi connectivity index (χ1n) is 3.01. The first-order valence-corrected chi connectivity index (χ1v) is 5.22. The van der Waals surface area contributed by atoms with Crippen LogP contribution in [0.5, 0.6) is 0 Å². The maximum Gasteiger partial charge on any atom is -0.00130 e. The van der Waals surface area contributed by atoms with Crippen LogP contribution in [0.15, 0.2) is 22.5 Å². The molecule has 0 unspecified atom stereocenters. The zero-order valence-electron chi connectivity index (χ0n) is 5.63. The van der Waals surface area contributed by atoms with Crippen LogP contribution in [-0.2, 0) is 0 Å². The van der Waals surface area contributed by atoms with Crippen molar-refractivity contribution >= 4 is 21.6 Å². The summed E-state index contributed by atoms with van der Waals surface area (Å²) in [4.78, 5) is 1.47. The van der Waals surface area contributed by atoms with Crippen molar-refractivity contribution in [3.05, 3.63) is 22.5 Å². The second kappa shape index (κ2) is 3.37. The van der Waals surface area contributed by atoms with Gasteiger partial charge in [0.2, 0.25) is 0 Å². The van der Waals surface area contributed by atoms with Crippen LogP contribution in [-0.4, -0.2) is 0 Å². The monoisotopic (exact) mass is 158 g/mol.